The molecule has 1 heterocycles. The molecule has 0 aromatic rings. The van der Waals surface area contributed by atoms with Crippen molar-refractivity contribution in [1.82, 2.24) is 0 Å². The monoisotopic (exact) mass is 242 g/mol. The molecule has 1 aliphatic rings. The Hall–Kier alpha value is -0.900. The van der Waals surface area contributed by atoms with Gasteiger partial charge in [0.25, 0.3) is 0 Å². The van der Waals surface area contributed by atoms with Crippen LogP contribution in [-0.2, 0) is 19.1 Å². The lowest BCUT2D eigenvalue weighted by molar-refractivity contribution is -0.153. The van der Waals surface area contributed by atoms with Crippen LogP contribution in [0.4, 0.5) is 0 Å². The average Bonchev–Trinajstić information content (AvgIpc) is 2.70. The third kappa shape index (κ3) is 4.11. The van der Waals surface area contributed by atoms with Gasteiger partial charge in [0.2, 0.25) is 0 Å². The van der Waals surface area contributed by atoms with E-state index in [2.05, 4.69) is 0 Å². The number of hydrogen-bond donors (Lipinski definition) is 0. The molecule has 17 heavy (non-hydrogen) atoms. The van der Waals surface area contributed by atoms with Crippen molar-refractivity contribution in [2.24, 2.45) is 17.8 Å². The fourth-order valence-electron chi connectivity index (χ4n) is 2.16. The largest absolute Gasteiger partial charge is 0.465 e. The summed E-state index contributed by atoms with van der Waals surface area (Å²) in [6.45, 7) is 7.20. The molecule has 0 aliphatic carbocycles. The molecule has 0 amide bonds. The van der Waals surface area contributed by atoms with Crippen LogP contribution < -0.4 is 0 Å². The van der Waals surface area contributed by atoms with Crippen molar-refractivity contribution in [3.63, 3.8) is 0 Å². The quantitative estimate of drug-likeness (QED) is 0.526. The van der Waals surface area contributed by atoms with E-state index in [4.69, 9.17) is 9.47 Å². The number of hydrogen-bond acceptors (Lipinski definition) is 4. The van der Waals surface area contributed by atoms with Crippen LogP contribution in [0, 0.1) is 17.8 Å². The van der Waals surface area contributed by atoms with Gasteiger partial charge in [0.15, 0.2) is 0 Å². The first-order chi connectivity index (χ1) is 8.06. The van der Waals surface area contributed by atoms with Crippen LogP contribution in [-0.4, -0.2) is 31.6 Å². The van der Waals surface area contributed by atoms with Crippen LogP contribution in [0.2, 0.25) is 0 Å². The molecule has 0 N–H and O–H groups in total. The van der Waals surface area contributed by atoms with Gasteiger partial charge in [-0.25, -0.2) is 0 Å². The van der Waals surface area contributed by atoms with Gasteiger partial charge in [0.05, 0.1) is 6.61 Å². The van der Waals surface area contributed by atoms with Crippen LogP contribution in [0.5, 0.6) is 0 Å². The number of Topliss-reactive ketones (excluding diaryl/α,β-unsaturated/α-hetero) is 1. The van der Waals surface area contributed by atoms with Crippen LogP contribution >= 0.6 is 0 Å². The zero-order valence-electron chi connectivity index (χ0n) is 10.9. The molecule has 0 saturated carbocycles. The lowest BCUT2D eigenvalue weighted by atomic mass is 9.86. The molecule has 1 saturated heterocycles. The second kappa shape index (κ2) is 6.74. The maximum atomic E-state index is 12.1. The minimum absolute atomic E-state index is 0.00560. The summed E-state index contributed by atoms with van der Waals surface area (Å²) in [5.41, 5.74) is 0. The van der Waals surface area contributed by atoms with E-state index in [1.165, 1.54) is 0 Å². The number of carbonyl (C=O) groups is 2. The molecule has 1 rings (SSSR count). The first-order valence-electron chi connectivity index (χ1n) is 6.33. The number of ketones is 1. The van der Waals surface area contributed by atoms with Gasteiger partial charge >= 0.3 is 5.97 Å². The first kappa shape index (κ1) is 14.2. The Kier molecular flexibility index (Phi) is 5.62. The second-order valence-corrected chi connectivity index (χ2v) is 4.87. The SMILES string of the molecule is CCOC(=O)C(C(=O)CC1CCOC1)C(C)C. The molecule has 98 valence electrons. The Labute approximate surface area is 103 Å². The van der Waals surface area contributed by atoms with Gasteiger partial charge in [-0.15, -0.1) is 0 Å². The van der Waals surface area contributed by atoms with Gasteiger partial charge in [0.1, 0.15) is 11.7 Å². The van der Waals surface area contributed by atoms with E-state index in [1.807, 2.05) is 13.8 Å². The lowest BCUT2D eigenvalue weighted by Gasteiger charge is -2.19. The highest BCUT2D eigenvalue weighted by Gasteiger charge is 2.33. The molecular formula is C13H22O4. The molecule has 0 aromatic heterocycles. The van der Waals surface area contributed by atoms with Crippen molar-refractivity contribution in [1.29, 1.82) is 0 Å². The molecule has 4 nitrogen and oxygen atoms in total. The zero-order chi connectivity index (χ0) is 12.8. The van der Waals surface area contributed by atoms with E-state index < -0.39 is 5.92 Å². The highest BCUT2D eigenvalue weighted by molar-refractivity contribution is 5.99. The number of carbonyl (C=O) groups excluding carboxylic acids is 2. The number of ether oxygens (including phenoxy) is 2. The molecule has 4 heteroatoms. The van der Waals surface area contributed by atoms with Crippen molar-refractivity contribution in [2.75, 3.05) is 19.8 Å². The van der Waals surface area contributed by atoms with Gasteiger partial charge in [-0.3, -0.25) is 9.59 Å². The minimum atomic E-state index is -0.615. The van der Waals surface area contributed by atoms with E-state index in [1.54, 1.807) is 6.92 Å². The fraction of sp³-hybridized carbons (Fsp3) is 0.846. The number of esters is 1. The summed E-state index contributed by atoms with van der Waals surface area (Å²) in [5.74, 6) is -0.738. The minimum Gasteiger partial charge on any atom is -0.465 e. The molecule has 0 aromatic carbocycles. The van der Waals surface area contributed by atoms with Crippen molar-refractivity contribution in [2.45, 2.75) is 33.6 Å². The standard InChI is InChI=1S/C13H22O4/c1-4-17-13(15)12(9(2)3)11(14)7-10-5-6-16-8-10/h9-10,12H,4-8H2,1-3H3. The van der Waals surface area contributed by atoms with Crippen LogP contribution in [0.25, 0.3) is 0 Å². The normalized spacial score (nSPS) is 21.5. The molecule has 0 bridgehead atoms. The predicted molar refractivity (Wildman–Crippen MR) is 63.5 cm³/mol. The first-order valence-corrected chi connectivity index (χ1v) is 6.33. The van der Waals surface area contributed by atoms with E-state index in [-0.39, 0.29) is 23.6 Å². The molecular weight excluding hydrogens is 220 g/mol. The highest BCUT2D eigenvalue weighted by atomic mass is 16.5. The molecule has 0 radical (unpaired) electrons. The van der Waals surface area contributed by atoms with Crippen LogP contribution in [0.3, 0.4) is 0 Å². The number of rotatable bonds is 6. The van der Waals surface area contributed by atoms with Crippen molar-refractivity contribution in [3.05, 3.63) is 0 Å². The molecule has 2 unspecified atom stereocenters. The fourth-order valence-corrected chi connectivity index (χ4v) is 2.16. The Morgan fingerprint density at radius 3 is 2.59 bits per heavy atom. The molecule has 1 aliphatic heterocycles. The summed E-state index contributed by atoms with van der Waals surface area (Å²) in [6.07, 6.45) is 1.35. The summed E-state index contributed by atoms with van der Waals surface area (Å²) in [6, 6.07) is 0. The van der Waals surface area contributed by atoms with Gasteiger partial charge in [-0.2, -0.15) is 0 Å². The maximum Gasteiger partial charge on any atom is 0.316 e. The molecule has 2 atom stereocenters. The third-order valence-corrected chi connectivity index (χ3v) is 3.07. The van der Waals surface area contributed by atoms with Crippen molar-refractivity contribution in [3.8, 4) is 0 Å². The smallest absolute Gasteiger partial charge is 0.316 e. The van der Waals surface area contributed by atoms with Crippen molar-refractivity contribution >= 4 is 11.8 Å². The summed E-state index contributed by atoms with van der Waals surface area (Å²) < 4.78 is 10.2. The highest BCUT2D eigenvalue weighted by Crippen LogP contribution is 2.23. The van der Waals surface area contributed by atoms with E-state index in [9.17, 15) is 9.59 Å². The Balaban J connectivity index is 2.56. The van der Waals surface area contributed by atoms with Crippen molar-refractivity contribution < 1.29 is 19.1 Å². The lowest BCUT2D eigenvalue weighted by Crippen LogP contribution is -2.32. The second-order valence-electron chi connectivity index (χ2n) is 4.87. The average molecular weight is 242 g/mol. The van der Waals surface area contributed by atoms with Gasteiger partial charge < -0.3 is 9.47 Å². The maximum absolute atomic E-state index is 12.1. The third-order valence-electron chi connectivity index (χ3n) is 3.07. The summed E-state index contributed by atoms with van der Waals surface area (Å²) >= 11 is 0. The Bertz CT molecular complexity index is 267. The van der Waals surface area contributed by atoms with Gasteiger partial charge in [-0.1, -0.05) is 13.8 Å². The predicted octanol–water partition coefficient (Wildman–Crippen LogP) is 1.82. The van der Waals surface area contributed by atoms with E-state index in [0.29, 0.717) is 19.6 Å². The van der Waals surface area contributed by atoms with Crippen LogP contribution in [0.1, 0.15) is 33.6 Å². The Morgan fingerprint density at radius 1 is 1.41 bits per heavy atom. The van der Waals surface area contributed by atoms with Gasteiger partial charge in [-0.05, 0) is 25.2 Å². The summed E-state index contributed by atoms with van der Waals surface area (Å²) in [5, 5.41) is 0. The van der Waals surface area contributed by atoms with E-state index >= 15 is 0 Å². The molecule has 1 fully saturated rings. The summed E-state index contributed by atoms with van der Waals surface area (Å²) in [7, 11) is 0. The molecule has 0 spiro atoms. The Morgan fingerprint density at radius 2 is 2.12 bits per heavy atom. The topological polar surface area (TPSA) is 52.6 Å². The summed E-state index contributed by atoms with van der Waals surface area (Å²) in [4.78, 5) is 23.8. The zero-order valence-corrected chi connectivity index (χ0v) is 10.9. The van der Waals surface area contributed by atoms with Gasteiger partial charge in [0, 0.05) is 19.6 Å². The van der Waals surface area contributed by atoms with E-state index in [0.717, 1.165) is 13.0 Å². The van der Waals surface area contributed by atoms with Crippen LogP contribution in [0.15, 0.2) is 0 Å².